The van der Waals surface area contributed by atoms with Crippen LogP contribution in [0.3, 0.4) is 0 Å². The smallest absolute Gasteiger partial charge is 0.265 e. The number of hydrogen-bond acceptors (Lipinski definition) is 3. The number of aromatic nitrogens is 1. The molecule has 1 aromatic heterocycles. The first-order chi connectivity index (χ1) is 9.50. The Morgan fingerprint density at radius 1 is 1.05 bits per heavy atom. The van der Waals surface area contributed by atoms with E-state index < -0.39 is 11.7 Å². The van der Waals surface area contributed by atoms with Gasteiger partial charge in [-0.3, -0.25) is 4.98 Å². The molecule has 0 saturated heterocycles. The fraction of sp³-hybridized carbons (Fsp3) is 0.0714. The second kappa shape index (κ2) is 5.53. The number of hydrogen-bond donors (Lipinski definition) is 0. The van der Waals surface area contributed by atoms with Gasteiger partial charge in [0.1, 0.15) is 11.8 Å². The molecule has 0 atom stereocenters. The van der Waals surface area contributed by atoms with E-state index >= 15 is 0 Å². The molecule has 0 aliphatic carbocycles. The molecule has 2 rings (SSSR count). The number of halogens is 3. The molecule has 3 nitrogen and oxygen atoms in total. The third kappa shape index (κ3) is 3.20. The van der Waals surface area contributed by atoms with Crippen LogP contribution in [0.5, 0.6) is 0 Å². The molecule has 0 bridgehead atoms. The first-order valence-corrected chi connectivity index (χ1v) is 5.57. The maximum atomic E-state index is 12.4. The van der Waals surface area contributed by atoms with Gasteiger partial charge in [-0.25, -0.2) is 4.99 Å². The molecule has 100 valence electrons. The van der Waals surface area contributed by atoms with Crippen LogP contribution >= 0.6 is 0 Å². The highest BCUT2D eigenvalue weighted by molar-refractivity contribution is 6.12. The van der Waals surface area contributed by atoms with E-state index in [1.807, 2.05) is 6.07 Å². The largest absolute Gasteiger partial charge is 0.416 e. The highest BCUT2D eigenvalue weighted by atomic mass is 19.4. The van der Waals surface area contributed by atoms with Crippen LogP contribution in [-0.2, 0) is 6.18 Å². The summed E-state index contributed by atoms with van der Waals surface area (Å²) in [4.78, 5) is 7.85. The van der Waals surface area contributed by atoms with Crippen molar-refractivity contribution in [2.24, 2.45) is 4.99 Å². The molecule has 0 radical (unpaired) electrons. The van der Waals surface area contributed by atoms with Crippen molar-refractivity contribution < 1.29 is 13.2 Å². The molecule has 6 heteroatoms. The van der Waals surface area contributed by atoms with Crippen molar-refractivity contribution >= 4 is 11.4 Å². The zero-order valence-electron chi connectivity index (χ0n) is 10.1. The molecule has 0 amide bonds. The summed E-state index contributed by atoms with van der Waals surface area (Å²) in [6.45, 7) is 0. The number of nitrogens with zero attached hydrogens (tertiary/aromatic N) is 3. The van der Waals surface area contributed by atoms with Crippen molar-refractivity contribution in [1.82, 2.24) is 4.98 Å². The number of benzene rings is 1. The molecule has 1 aromatic carbocycles. The average molecular weight is 275 g/mol. The molecule has 0 saturated carbocycles. The number of pyridine rings is 1. The van der Waals surface area contributed by atoms with E-state index in [0.717, 1.165) is 12.1 Å². The van der Waals surface area contributed by atoms with E-state index in [1.54, 1.807) is 12.1 Å². The van der Waals surface area contributed by atoms with Crippen LogP contribution in [0.25, 0.3) is 0 Å². The quantitative estimate of drug-likeness (QED) is 0.784. The lowest BCUT2D eigenvalue weighted by Crippen LogP contribution is -2.03. The Hall–Kier alpha value is -2.68. The van der Waals surface area contributed by atoms with Gasteiger partial charge < -0.3 is 0 Å². The zero-order chi connectivity index (χ0) is 14.6. The molecule has 0 aliphatic heterocycles. The summed E-state index contributed by atoms with van der Waals surface area (Å²) in [5, 5.41) is 9.04. The van der Waals surface area contributed by atoms with E-state index in [-0.39, 0.29) is 11.4 Å². The Bertz CT molecular complexity index is 653. The number of rotatable bonds is 2. The Labute approximate surface area is 113 Å². The normalized spacial score (nSPS) is 12.0. The van der Waals surface area contributed by atoms with Gasteiger partial charge in [-0.1, -0.05) is 0 Å². The van der Waals surface area contributed by atoms with Gasteiger partial charge in [0.25, 0.3) is 0 Å². The number of nitriles is 1. The SMILES string of the molecule is N#CC(=Nc1ccc(C(F)(F)F)cc1)c1ccncc1. The van der Waals surface area contributed by atoms with Gasteiger partial charge in [0, 0.05) is 18.0 Å². The highest BCUT2D eigenvalue weighted by Gasteiger charge is 2.29. The Balaban J connectivity index is 2.33. The van der Waals surface area contributed by atoms with Gasteiger partial charge in [-0.15, -0.1) is 0 Å². The topological polar surface area (TPSA) is 49.0 Å². The lowest BCUT2D eigenvalue weighted by Gasteiger charge is -2.06. The molecule has 2 aromatic rings. The first kappa shape index (κ1) is 13.7. The first-order valence-electron chi connectivity index (χ1n) is 5.57. The number of alkyl halides is 3. The third-order valence-electron chi connectivity index (χ3n) is 2.50. The molecular formula is C14H8F3N3. The van der Waals surface area contributed by atoms with Crippen LogP contribution < -0.4 is 0 Å². The second-order valence-electron chi connectivity index (χ2n) is 3.85. The Morgan fingerprint density at radius 2 is 1.65 bits per heavy atom. The van der Waals surface area contributed by atoms with Crippen LogP contribution in [0.15, 0.2) is 53.8 Å². The number of aliphatic imine (C=N–C) groups is 1. The summed E-state index contributed by atoms with van der Waals surface area (Å²) in [5.41, 5.74) is 0.208. The summed E-state index contributed by atoms with van der Waals surface area (Å²) in [6.07, 6.45) is -1.37. The summed E-state index contributed by atoms with van der Waals surface area (Å²) < 4.78 is 37.3. The fourth-order valence-electron chi connectivity index (χ4n) is 1.52. The minimum atomic E-state index is -4.38. The van der Waals surface area contributed by atoms with Crippen molar-refractivity contribution in [1.29, 1.82) is 5.26 Å². The molecule has 20 heavy (non-hydrogen) atoms. The van der Waals surface area contributed by atoms with Crippen molar-refractivity contribution in [3.05, 3.63) is 59.9 Å². The second-order valence-corrected chi connectivity index (χ2v) is 3.85. The Kier molecular flexibility index (Phi) is 3.80. The van der Waals surface area contributed by atoms with Gasteiger partial charge >= 0.3 is 6.18 Å². The molecule has 0 spiro atoms. The van der Waals surface area contributed by atoms with E-state index in [9.17, 15) is 13.2 Å². The van der Waals surface area contributed by atoms with Crippen molar-refractivity contribution in [2.45, 2.75) is 6.18 Å². The predicted molar refractivity (Wildman–Crippen MR) is 67.5 cm³/mol. The van der Waals surface area contributed by atoms with Gasteiger partial charge in [0.05, 0.1) is 11.3 Å². The molecule has 1 heterocycles. The fourth-order valence-corrected chi connectivity index (χ4v) is 1.52. The van der Waals surface area contributed by atoms with E-state index in [1.165, 1.54) is 24.5 Å². The van der Waals surface area contributed by atoms with Gasteiger partial charge in [0.2, 0.25) is 0 Å². The lowest BCUT2D eigenvalue weighted by molar-refractivity contribution is -0.137. The van der Waals surface area contributed by atoms with Gasteiger partial charge in [0.15, 0.2) is 0 Å². The molecule has 0 aliphatic rings. The third-order valence-corrected chi connectivity index (χ3v) is 2.50. The van der Waals surface area contributed by atoms with Crippen LogP contribution in [-0.4, -0.2) is 10.7 Å². The maximum absolute atomic E-state index is 12.4. The molecule has 0 fully saturated rings. The van der Waals surface area contributed by atoms with Crippen LogP contribution in [0, 0.1) is 11.3 Å². The Morgan fingerprint density at radius 3 is 2.15 bits per heavy atom. The molecule has 0 unspecified atom stereocenters. The lowest BCUT2D eigenvalue weighted by atomic mass is 10.1. The summed E-state index contributed by atoms with van der Waals surface area (Å²) in [7, 11) is 0. The maximum Gasteiger partial charge on any atom is 0.416 e. The van der Waals surface area contributed by atoms with Crippen LogP contribution in [0.1, 0.15) is 11.1 Å². The van der Waals surface area contributed by atoms with Crippen molar-refractivity contribution in [3.8, 4) is 6.07 Å². The van der Waals surface area contributed by atoms with Crippen molar-refractivity contribution in [2.75, 3.05) is 0 Å². The summed E-state index contributed by atoms with van der Waals surface area (Å²) in [6, 6.07) is 9.43. The minimum absolute atomic E-state index is 0.118. The van der Waals surface area contributed by atoms with Crippen LogP contribution in [0.4, 0.5) is 18.9 Å². The minimum Gasteiger partial charge on any atom is -0.265 e. The van der Waals surface area contributed by atoms with E-state index in [4.69, 9.17) is 5.26 Å². The average Bonchev–Trinajstić information content (AvgIpc) is 2.45. The van der Waals surface area contributed by atoms with Gasteiger partial charge in [-0.2, -0.15) is 18.4 Å². The monoisotopic (exact) mass is 275 g/mol. The van der Waals surface area contributed by atoms with E-state index in [2.05, 4.69) is 9.98 Å². The highest BCUT2D eigenvalue weighted by Crippen LogP contribution is 2.30. The standard InChI is InChI=1S/C14H8F3N3/c15-14(16,17)11-1-3-12(4-2-11)20-13(9-18)10-5-7-19-8-6-10/h1-8H. The van der Waals surface area contributed by atoms with Crippen molar-refractivity contribution in [3.63, 3.8) is 0 Å². The molecular weight excluding hydrogens is 267 g/mol. The van der Waals surface area contributed by atoms with Gasteiger partial charge in [-0.05, 0) is 36.4 Å². The zero-order valence-corrected chi connectivity index (χ0v) is 10.1. The summed E-state index contributed by atoms with van der Waals surface area (Å²) >= 11 is 0. The molecule has 0 N–H and O–H groups in total. The van der Waals surface area contributed by atoms with Crippen LogP contribution in [0.2, 0.25) is 0 Å². The predicted octanol–water partition coefficient (Wildman–Crippen LogP) is 3.74. The summed E-state index contributed by atoms with van der Waals surface area (Å²) in [5.74, 6) is 0. The van der Waals surface area contributed by atoms with E-state index in [0.29, 0.717) is 5.56 Å².